The van der Waals surface area contributed by atoms with Gasteiger partial charge in [-0.3, -0.25) is 9.52 Å². The molecule has 0 aromatic rings. The first kappa shape index (κ1) is 12.8. The van der Waals surface area contributed by atoms with Gasteiger partial charge in [0.05, 0.1) is 6.26 Å². The molecule has 78 valence electrons. The van der Waals surface area contributed by atoms with Gasteiger partial charge >= 0.3 is 0 Å². The molecule has 0 radical (unpaired) electrons. The van der Waals surface area contributed by atoms with Crippen LogP contribution >= 0.6 is 11.8 Å². The zero-order valence-electron chi connectivity index (χ0n) is 7.87. The fourth-order valence-electron chi connectivity index (χ4n) is 0.737. The van der Waals surface area contributed by atoms with Gasteiger partial charge in [0.1, 0.15) is 0 Å². The summed E-state index contributed by atoms with van der Waals surface area (Å²) in [6.45, 7) is 2.04. The van der Waals surface area contributed by atoms with Crippen molar-refractivity contribution in [3.63, 3.8) is 0 Å². The molecule has 1 N–H and O–H groups in total. The first-order valence-corrected chi connectivity index (χ1v) is 7.08. The van der Waals surface area contributed by atoms with Gasteiger partial charge in [-0.05, 0) is 17.9 Å². The zero-order chi connectivity index (χ0) is 10.3. The molecule has 4 nitrogen and oxygen atoms in total. The minimum Gasteiger partial charge on any atom is -0.274 e. The van der Waals surface area contributed by atoms with E-state index in [1.54, 1.807) is 11.8 Å². The summed E-state index contributed by atoms with van der Waals surface area (Å²) in [6.07, 6.45) is 1.98. The summed E-state index contributed by atoms with van der Waals surface area (Å²) in [5.41, 5.74) is 0. The van der Waals surface area contributed by atoms with Crippen LogP contribution in [0.15, 0.2) is 0 Å². The van der Waals surface area contributed by atoms with Gasteiger partial charge in [-0.2, -0.15) is 11.8 Å². The maximum absolute atomic E-state index is 10.9. The number of amides is 1. The second-order valence-electron chi connectivity index (χ2n) is 2.60. The molecule has 0 saturated carbocycles. The van der Waals surface area contributed by atoms with Crippen LogP contribution in [0.5, 0.6) is 0 Å². The van der Waals surface area contributed by atoms with Gasteiger partial charge in [0.25, 0.3) is 0 Å². The van der Waals surface area contributed by atoms with Crippen molar-refractivity contribution in [3.8, 4) is 0 Å². The Kier molecular flexibility index (Phi) is 6.15. The van der Waals surface area contributed by atoms with E-state index >= 15 is 0 Å². The Morgan fingerprint density at radius 2 is 2.08 bits per heavy atom. The average Bonchev–Trinajstić information content (AvgIpc) is 1.94. The summed E-state index contributed by atoms with van der Waals surface area (Å²) in [6, 6.07) is 0. The van der Waals surface area contributed by atoms with Crippen LogP contribution in [0.4, 0.5) is 0 Å². The molecule has 0 fully saturated rings. The van der Waals surface area contributed by atoms with Crippen molar-refractivity contribution in [3.05, 3.63) is 0 Å². The largest absolute Gasteiger partial charge is 0.274 e. The van der Waals surface area contributed by atoms with Crippen LogP contribution < -0.4 is 4.72 Å². The Balaban J connectivity index is 3.53. The van der Waals surface area contributed by atoms with Gasteiger partial charge in [0.2, 0.25) is 15.9 Å². The Bertz CT molecular complexity index is 248. The van der Waals surface area contributed by atoms with Crippen molar-refractivity contribution in [1.29, 1.82) is 0 Å². The second kappa shape index (κ2) is 6.26. The molecule has 0 aromatic carbocycles. The number of nitrogens with one attached hydrogen (secondary N) is 1. The molecule has 1 amide bonds. The minimum absolute atomic E-state index is 0.278. The van der Waals surface area contributed by atoms with E-state index in [-0.39, 0.29) is 6.42 Å². The van der Waals surface area contributed by atoms with E-state index in [2.05, 4.69) is 0 Å². The van der Waals surface area contributed by atoms with Crippen molar-refractivity contribution >= 4 is 27.7 Å². The summed E-state index contributed by atoms with van der Waals surface area (Å²) >= 11 is 1.74. The molecular weight excluding hydrogens is 210 g/mol. The summed E-state index contributed by atoms with van der Waals surface area (Å²) in [7, 11) is -3.37. The molecule has 0 rings (SSSR count). The number of carbonyl (C=O) groups is 1. The predicted octanol–water partition coefficient (Wildman–Crippen LogP) is 0.595. The molecule has 0 aliphatic rings. The van der Waals surface area contributed by atoms with E-state index in [4.69, 9.17) is 0 Å². The lowest BCUT2D eigenvalue weighted by Gasteiger charge is -2.01. The van der Waals surface area contributed by atoms with Crippen LogP contribution in [-0.4, -0.2) is 32.1 Å². The predicted molar refractivity (Wildman–Crippen MR) is 55.2 cm³/mol. The molecule has 0 aromatic heterocycles. The normalized spacial score (nSPS) is 11.2. The zero-order valence-corrected chi connectivity index (χ0v) is 9.50. The number of thioether (sulfide) groups is 1. The van der Waals surface area contributed by atoms with E-state index in [1.165, 1.54) is 0 Å². The molecule has 0 heterocycles. The fraction of sp³-hybridized carbons (Fsp3) is 0.857. The van der Waals surface area contributed by atoms with Gasteiger partial charge in [-0.15, -0.1) is 0 Å². The van der Waals surface area contributed by atoms with Crippen molar-refractivity contribution < 1.29 is 13.2 Å². The van der Waals surface area contributed by atoms with Crippen LogP contribution in [0.2, 0.25) is 0 Å². The fourth-order valence-corrected chi connectivity index (χ4v) is 1.89. The molecule has 13 heavy (non-hydrogen) atoms. The highest BCUT2D eigenvalue weighted by molar-refractivity contribution is 7.99. The molecular formula is C7H15NO3S2. The third-order valence-electron chi connectivity index (χ3n) is 1.20. The lowest BCUT2D eigenvalue weighted by Crippen LogP contribution is -2.29. The molecule has 0 atom stereocenters. The Hall–Kier alpha value is -0.230. The standard InChI is InChI=1S/C7H15NO3S2/c1-3-12-6-4-5-7(9)8-13(2,10)11/h3-6H2,1-2H3,(H,8,9). The lowest BCUT2D eigenvalue weighted by molar-refractivity contribution is -0.119. The Morgan fingerprint density at radius 3 is 2.54 bits per heavy atom. The molecule has 0 aliphatic carbocycles. The van der Waals surface area contributed by atoms with Crippen molar-refractivity contribution in [1.82, 2.24) is 4.72 Å². The summed E-state index contributed by atoms with van der Waals surface area (Å²) < 4.78 is 23.1. The van der Waals surface area contributed by atoms with Crippen molar-refractivity contribution in [2.24, 2.45) is 0 Å². The van der Waals surface area contributed by atoms with Crippen LogP contribution in [0.3, 0.4) is 0 Å². The second-order valence-corrected chi connectivity index (χ2v) is 5.74. The Morgan fingerprint density at radius 1 is 1.46 bits per heavy atom. The highest BCUT2D eigenvalue weighted by Gasteiger charge is 2.06. The first-order chi connectivity index (χ1) is 5.95. The van der Waals surface area contributed by atoms with Crippen LogP contribution in [-0.2, 0) is 14.8 Å². The minimum atomic E-state index is -3.37. The van der Waals surface area contributed by atoms with Crippen LogP contribution in [0.25, 0.3) is 0 Å². The van der Waals surface area contributed by atoms with E-state index in [0.717, 1.165) is 24.2 Å². The van der Waals surface area contributed by atoms with Crippen molar-refractivity contribution in [2.45, 2.75) is 19.8 Å². The number of carbonyl (C=O) groups excluding carboxylic acids is 1. The van der Waals surface area contributed by atoms with Gasteiger partial charge in [-0.1, -0.05) is 6.92 Å². The van der Waals surface area contributed by atoms with E-state index < -0.39 is 15.9 Å². The number of hydrogen-bond acceptors (Lipinski definition) is 4. The average molecular weight is 225 g/mol. The van der Waals surface area contributed by atoms with E-state index in [1.807, 2.05) is 11.6 Å². The maximum atomic E-state index is 10.9. The summed E-state index contributed by atoms with van der Waals surface area (Å²) in [5, 5.41) is 0. The molecule has 0 aliphatic heterocycles. The third-order valence-corrected chi connectivity index (χ3v) is 2.78. The third kappa shape index (κ3) is 9.69. The maximum Gasteiger partial charge on any atom is 0.233 e. The molecule has 6 heteroatoms. The highest BCUT2D eigenvalue weighted by Crippen LogP contribution is 2.03. The Labute approximate surface area is 83.5 Å². The van der Waals surface area contributed by atoms with Gasteiger partial charge in [0.15, 0.2) is 0 Å². The quantitative estimate of drug-likeness (QED) is 0.672. The molecule has 0 unspecified atom stereocenters. The first-order valence-electron chi connectivity index (χ1n) is 4.04. The lowest BCUT2D eigenvalue weighted by atomic mass is 10.3. The van der Waals surface area contributed by atoms with E-state index in [0.29, 0.717) is 0 Å². The summed E-state index contributed by atoms with van der Waals surface area (Å²) in [5.74, 6) is 1.50. The van der Waals surface area contributed by atoms with Crippen molar-refractivity contribution in [2.75, 3.05) is 17.8 Å². The SMILES string of the molecule is CCSCCCC(=O)NS(C)(=O)=O. The smallest absolute Gasteiger partial charge is 0.233 e. The van der Waals surface area contributed by atoms with Crippen LogP contribution in [0.1, 0.15) is 19.8 Å². The molecule has 0 bridgehead atoms. The van der Waals surface area contributed by atoms with E-state index in [9.17, 15) is 13.2 Å². The summed E-state index contributed by atoms with van der Waals surface area (Å²) in [4.78, 5) is 10.9. The van der Waals surface area contributed by atoms with Gasteiger partial charge in [-0.25, -0.2) is 8.42 Å². The molecule has 0 spiro atoms. The van der Waals surface area contributed by atoms with Gasteiger partial charge < -0.3 is 0 Å². The number of rotatable bonds is 6. The van der Waals surface area contributed by atoms with Gasteiger partial charge in [0, 0.05) is 6.42 Å². The number of hydrogen-bond donors (Lipinski definition) is 1. The monoisotopic (exact) mass is 225 g/mol. The number of sulfonamides is 1. The molecule has 0 saturated heterocycles. The highest BCUT2D eigenvalue weighted by atomic mass is 32.2. The van der Waals surface area contributed by atoms with Crippen LogP contribution in [0, 0.1) is 0 Å². The topological polar surface area (TPSA) is 63.2 Å².